The van der Waals surface area contributed by atoms with Crippen molar-refractivity contribution in [2.75, 3.05) is 0 Å². The normalized spacial score (nSPS) is 11.7. The van der Waals surface area contributed by atoms with E-state index in [2.05, 4.69) is 15.3 Å². The van der Waals surface area contributed by atoms with Gasteiger partial charge in [-0.2, -0.15) is 0 Å². The van der Waals surface area contributed by atoms with Gasteiger partial charge in [-0.25, -0.2) is 0 Å². The van der Waals surface area contributed by atoms with Crippen LogP contribution in [0.3, 0.4) is 0 Å². The molecule has 1 atom stereocenters. The zero-order chi connectivity index (χ0) is 17.5. The smallest absolute Gasteiger partial charge is 0.227 e. The summed E-state index contributed by atoms with van der Waals surface area (Å²) in [5.74, 6) is -0.102. The van der Waals surface area contributed by atoms with Crippen molar-refractivity contribution in [3.63, 3.8) is 0 Å². The summed E-state index contributed by atoms with van der Waals surface area (Å²) in [5, 5.41) is 3.06. The molecule has 0 aliphatic carbocycles. The van der Waals surface area contributed by atoms with Gasteiger partial charge in [0.05, 0.1) is 11.6 Å². The Balaban J connectivity index is 1.75. The van der Waals surface area contributed by atoms with Gasteiger partial charge < -0.3 is 5.32 Å². The summed E-state index contributed by atoms with van der Waals surface area (Å²) in [6.07, 6.45) is 6.04. The van der Waals surface area contributed by atoms with Crippen molar-refractivity contribution in [2.24, 2.45) is 0 Å². The molecule has 1 aromatic carbocycles. The van der Waals surface area contributed by atoms with Crippen molar-refractivity contribution in [1.82, 2.24) is 15.3 Å². The number of pyridine rings is 2. The molecule has 0 spiro atoms. The molecule has 4 heteroatoms. The number of amides is 1. The van der Waals surface area contributed by atoms with E-state index >= 15 is 0 Å². The SMILES string of the molecule is CCC(C(=O)NCc1cccnc1-c1cccnc1)c1ccccc1. The van der Waals surface area contributed by atoms with Gasteiger partial charge in [-0.3, -0.25) is 14.8 Å². The lowest BCUT2D eigenvalue weighted by atomic mass is 9.95. The van der Waals surface area contributed by atoms with Crippen LogP contribution in [-0.2, 0) is 11.3 Å². The van der Waals surface area contributed by atoms with E-state index in [0.29, 0.717) is 6.54 Å². The van der Waals surface area contributed by atoms with E-state index in [9.17, 15) is 4.79 Å². The van der Waals surface area contributed by atoms with Gasteiger partial charge in [0.25, 0.3) is 0 Å². The molecule has 2 heterocycles. The number of aromatic nitrogens is 2. The lowest BCUT2D eigenvalue weighted by Crippen LogP contribution is -2.29. The maximum absolute atomic E-state index is 12.7. The highest BCUT2D eigenvalue weighted by molar-refractivity contribution is 5.83. The molecule has 0 fully saturated rings. The van der Waals surface area contributed by atoms with Crippen LogP contribution >= 0.6 is 0 Å². The van der Waals surface area contributed by atoms with Gasteiger partial charge in [-0.05, 0) is 35.7 Å². The maximum Gasteiger partial charge on any atom is 0.227 e. The third-order valence-corrected chi connectivity index (χ3v) is 4.21. The highest BCUT2D eigenvalue weighted by Crippen LogP contribution is 2.22. The van der Waals surface area contributed by atoms with Gasteiger partial charge in [-0.15, -0.1) is 0 Å². The number of nitrogens with zero attached hydrogens (tertiary/aromatic N) is 2. The molecule has 3 aromatic rings. The number of carbonyl (C=O) groups is 1. The average molecular weight is 331 g/mol. The van der Waals surface area contributed by atoms with E-state index in [1.54, 1.807) is 18.6 Å². The summed E-state index contributed by atoms with van der Waals surface area (Å²) in [4.78, 5) is 21.3. The molecule has 1 N–H and O–H groups in total. The van der Waals surface area contributed by atoms with Crippen molar-refractivity contribution in [2.45, 2.75) is 25.8 Å². The van der Waals surface area contributed by atoms with Crippen LogP contribution in [0.15, 0.2) is 73.2 Å². The lowest BCUT2D eigenvalue weighted by molar-refractivity contribution is -0.122. The monoisotopic (exact) mass is 331 g/mol. The van der Waals surface area contributed by atoms with Gasteiger partial charge in [0.1, 0.15) is 0 Å². The summed E-state index contributed by atoms with van der Waals surface area (Å²) >= 11 is 0. The molecule has 126 valence electrons. The van der Waals surface area contributed by atoms with E-state index in [-0.39, 0.29) is 11.8 Å². The second-order valence-electron chi connectivity index (χ2n) is 5.84. The van der Waals surface area contributed by atoms with Crippen molar-refractivity contribution in [1.29, 1.82) is 0 Å². The van der Waals surface area contributed by atoms with Gasteiger partial charge in [0, 0.05) is 30.7 Å². The summed E-state index contributed by atoms with van der Waals surface area (Å²) in [7, 11) is 0. The van der Waals surface area contributed by atoms with Crippen LogP contribution in [0.1, 0.15) is 30.4 Å². The molecule has 0 bridgehead atoms. The van der Waals surface area contributed by atoms with Crippen LogP contribution in [0.5, 0.6) is 0 Å². The Bertz CT molecular complexity index is 819. The van der Waals surface area contributed by atoms with Gasteiger partial charge in [0.2, 0.25) is 5.91 Å². The number of nitrogens with one attached hydrogen (secondary N) is 1. The van der Waals surface area contributed by atoms with Crippen LogP contribution < -0.4 is 5.32 Å². The molecular weight excluding hydrogens is 310 g/mol. The third kappa shape index (κ3) is 4.10. The quantitative estimate of drug-likeness (QED) is 0.744. The largest absolute Gasteiger partial charge is 0.351 e. The summed E-state index contributed by atoms with van der Waals surface area (Å²) in [5.41, 5.74) is 3.82. The number of rotatable bonds is 6. The number of carbonyl (C=O) groups excluding carboxylic acids is 1. The van der Waals surface area contributed by atoms with E-state index in [4.69, 9.17) is 0 Å². The maximum atomic E-state index is 12.7. The fourth-order valence-electron chi connectivity index (χ4n) is 2.91. The van der Waals surface area contributed by atoms with E-state index in [1.165, 1.54) is 0 Å². The fraction of sp³-hybridized carbons (Fsp3) is 0.190. The minimum absolute atomic E-state index is 0.0367. The molecule has 0 aliphatic rings. The summed E-state index contributed by atoms with van der Waals surface area (Å²) in [6, 6.07) is 17.6. The first-order valence-electron chi connectivity index (χ1n) is 8.46. The van der Waals surface area contributed by atoms with Gasteiger partial charge >= 0.3 is 0 Å². The molecular formula is C21H21N3O. The number of hydrogen-bond acceptors (Lipinski definition) is 3. The van der Waals surface area contributed by atoms with Crippen LogP contribution in [0.2, 0.25) is 0 Å². The van der Waals surface area contributed by atoms with Gasteiger partial charge in [-0.1, -0.05) is 43.3 Å². The topological polar surface area (TPSA) is 54.9 Å². The molecule has 1 amide bonds. The fourth-order valence-corrected chi connectivity index (χ4v) is 2.91. The Hall–Kier alpha value is -3.01. The van der Waals surface area contributed by atoms with Crippen molar-refractivity contribution < 1.29 is 4.79 Å². The molecule has 25 heavy (non-hydrogen) atoms. The van der Waals surface area contributed by atoms with Crippen molar-refractivity contribution in [3.05, 3.63) is 84.3 Å². The van der Waals surface area contributed by atoms with E-state index in [0.717, 1.165) is 28.8 Å². The summed E-state index contributed by atoms with van der Waals surface area (Å²) in [6.45, 7) is 2.47. The average Bonchev–Trinajstić information content (AvgIpc) is 2.69. The molecule has 4 nitrogen and oxygen atoms in total. The predicted molar refractivity (Wildman–Crippen MR) is 98.8 cm³/mol. The first kappa shape index (κ1) is 16.8. The highest BCUT2D eigenvalue weighted by atomic mass is 16.1. The summed E-state index contributed by atoms with van der Waals surface area (Å²) < 4.78 is 0. The Morgan fingerprint density at radius 1 is 1.04 bits per heavy atom. The van der Waals surface area contributed by atoms with E-state index in [1.807, 2.05) is 61.5 Å². The van der Waals surface area contributed by atoms with Crippen LogP contribution in [0.25, 0.3) is 11.3 Å². The molecule has 2 aromatic heterocycles. The molecule has 3 rings (SSSR count). The third-order valence-electron chi connectivity index (χ3n) is 4.21. The van der Waals surface area contributed by atoms with Crippen LogP contribution in [-0.4, -0.2) is 15.9 Å². The zero-order valence-electron chi connectivity index (χ0n) is 14.2. The standard InChI is InChI=1S/C21H21N3O/c1-2-19(16-8-4-3-5-9-16)21(25)24-15-18-11-7-13-23-20(18)17-10-6-12-22-14-17/h3-14,19H,2,15H2,1H3,(H,24,25). The first-order chi connectivity index (χ1) is 12.3. The molecule has 0 saturated carbocycles. The number of hydrogen-bond donors (Lipinski definition) is 1. The molecule has 1 unspecified atom stereocenters. The Morgan fingerprint density at radius 3 is 2.56 bits per heavy atom. The van der Waals surface area contributed by atoms with Crippen LogP contribution in [0.4, 0.5) is 0 Å². The predicted octanol–water partition coefficient (Wildman–Crippen LogP) is 3.95. The Labute approximate surface area is 148 Å². The lowest BCUT2D eigenvalue weighted by Gasteiger charge is -2.16. The minimum Gasteiger partial charge on any atom is -0.351 e. The van der Waals surface area contributed by atoms with Crippen molar-refractivity contribution in [3.8, 4) is 11.3 Å². The van der Waals surface area contributed by atoms with E-state index < -0.39 is 0 Å². The van der Waals surface area contributed by atoms with Crippen molar-refractivity contribution >= 4 is 5.91 Å². The minimum atomic E-state index is -0.139. The molecule has 0 saturated heterocycles. The second kappa shape index (κ2) is 8.20. The zero-order valence-corrected chi connectivity index (χ0v) is 14.2. The first-order valence-corrected chi connectivity index (χ1v) is 8.46. The Kier molecular flexibility index (Phi) is 5.52. The number of benzene rings is 1. The molecule has 0 aliphatic heterocycles. The highest BCUT2D eigenvalue weighted by Gasteiger charge is 2.18. The van der Waals surface area contributed by atoms with Gasteiger partial charge in [0.15, 0.2) is 0 Å². The molecule has 0 radical (unpaired) electrons. The van der Waals surface area contributed by atoms with Crippen LogP contribution in [0, 0.1) is 0 Å². The Morgan fingerprint density at radius 2 is 1.84 bits per heavy atom. The second-order valence-corrected chi connectivity index (χ2v) is 5.84.